The third kappa shape index (κ3) is 2.17. The first-order valence-corrected chi connectivity index (χ1v) is 8.03. The minimum atomic E-state index is 0.517. The molecule has 0 bridgehead atoms. The van der Waals surface area contributed by atoms with E-state index >= 15 is 0 Å². The van der Waals surface area contributed by atoms with Gasteiger partial charge in [0.25, 0.3) is 0 Å². The second-order valence-corrected chi connectivity index (χ2v) is 6.56. The van der Waals surface area contributed by atoms with Crippen LogP contribution in [-0.4, -0.2) is 20.2 Å². The monoisotopic (exact) mass is 304 g/mol. The fourth-order valence-electron chi connectivity index (χ4n) is 3.24. The van der Waals surface area contributed by atoms with Crippen LogP contribution in [0.25, 0.3) is 11.0 Å². The Morgan fingerprint density at radius 3 is 2.83 bits per heavy atom. The predicted molar refractivity (Wildman–Crippen MR) is 93.7 cm³/mol. The van der Waals surface area contributed by atoms with Crippen LogP contribution < -0.4 is 0 Å². The van der Waals surface area contributed by atoms with Crippen molar-refractivity contribution in [1.82, 2.24) is 14.5 Å². The summed E-state index contributed by atoms with van der Waals surface area (Å²) in [5, 5.41) is 0. The molecule has 23 heavy (non-hydrogen) atoms. The van der Waals surface area contributed by atoms with Crippen molar-refractivity contribution in [3.63, 3.8) is 0 Å². The minimum Gasteiger partial charge on any atom is -0.332 e. The molecule has 0 aliphatic carbocycles. The van der Waals surface area contributed by atoms with Gasteiger partial charge in [-0.2, -0.15) is 0 Å². The number of nitrogens with zero attached hydrogens (tertiary/aromatic N) is 4. The maximum absolute atomic E-state index is 4.92. The number of hydrogen-bond acceptors (Lipinski definition) is 3. The van der Waals surface area contributed by atoms with E-state index in [0.717, 1.165) is 40.2 Å². The lowest BCUT2D eigenvalue weighted by Crippen LogP contribution is -2.03. The van der Waals surface area contributed by atoms with Crippen molar-refractivity contribution in [1.29, 1.82) is 0 Å². The highest BCUT2D eigenvalue weighted by atomic mass is 15.1. The van der Waals surface area contributed by atoms with E-state index in [9.17, 15) is 0 Å². The minimum absolute atomic E-state index is 0.517. The van der Waals surface area contributed by atoms with Crippen LogP contribution in [0.1, 0.15) is 42.3 Å². The molecule has 116 valence electrons. The lowest BCUT2D eigenvalue weighted by molar-refractivity contribution is 0.866. The molecule has 0 radical (unpaired) electrons. The SMILES string of the molecule is Cc1nc2c(c3c1ncn3C)N=C(c1cccc(C(C)C)c1)C2. The van der Waals surface area contributed by atoms with E-state index in [4.69, 9.17) is 9.98 Å². The maximum atomic E-state index is 4.92. The molecule has 2 aromatic heterocycles. The van der Waals surface area contributed by atoms with Crippen LogP contribution in [0.3, 0.4) is 0 Å². The number of hydrogen-bond donors (Lipinski definition) is 0. The molecule has 1 aromatic carbocycles. The van der Waals surface area contributed by atoms with Gasteiger partial charge in [-0.1, -0.05) is 32.0 Å². The number of aryl methyl sites for hydroxylation is 2. The topological polar surface area (TPSA) is 43.1 Å². The number of imidazole rings is 1. The molecule has 0 fully saturated rings. The Bertz CT molecular complexity index is 947. The quantitative estimate of drug-likeness (QED) is 0.716. The molecule has 0 N–H and O–H groups in total. The second kappa shape index (κ2) is 5.01. The molecule has 4 rings (SSSR count). The van der Waals surface area contributed by atoms with Crippen LogP contribution in [0.4, 0.5) is 5.69 Å². The zero-order valence-electron chi connectivity index (χ0n) is 14.0. The number of pyridine rings is 1. The van der Waals surface area contributed by atoms with Crippen molar-refractivity contribution in [2.24, 2.45) is 12.0 Å². The molecule has 1 aliphatic heterocycles. The van der Waals surface area contributed by atoms with Gasteiger partial charge >= 0.3 is 0 Å². The Labute approximate surface area is 135 Å². The van der Waals surface area contributed by atoms with Gasteiger partial charge < -0.3 is 4.57 Å². The number of fused-ring (bicyclic) bond motifs is 3. The smallest absolute Gasteiger partial charge is 0.112 e. The first-order valence-electron chi connectivity index (χ1n) is 8.03. The lowest BCUT2D eigenvalue weighted by atomic mass is 9.98. The summed E-state index contributed by atoms with van der Waals surface area (Å²) in [4.78, 5) is 14.1. The summed E-state index contributed by atoms with van der Waals surface area (Å²) in [6, 6.07) is 8.69. The highest BCUT2D eigenvalue weighted by Gasteiger charge is 2.23. The molecule has 0 amide bonds. The molecule has 4 nitrogen and oxygen atoms in total. The molecule has 0 unspecified atom stereocenters. The Morgan fingerprint density at radius 2 is 2.04 bits per heavy atom. The Hall–Kier alpha value is -2.49. The Balaban J connectivity index is 1.86. The summed E-state index contributed by atoms with van der Waals surface area (Å²) in [6.45, 7) is 6.45. The largest absolute Gasteiger partial charge is 0.332 e. The summed E-state index contributed by atoms with van der Waals surface area (Å²) in [6.07, 6.45) is 2.63. The number of aromatic nitrogens is 3. The van der Waals surface area contributed by atoms with Gasteiger partial charge in [0.15, 0.2) is 0 Å². The first-order chi connectivity index (χ1) is 11.0. The zero-order valence-corrected chi connectivity index (χ0v) is 14.0. The molecule has 0 atom stereocenters. The van der Waals surface area contributed by atoms with E-state index < -0.39 is 0 Å². The average molecular weight is 304 g/mol. The summed E-state index contributed by atoms with van der Waals surface area (Å²) >= 11 is 0. The molecule has 3 aromatic rings. The van der Waals surface area contributed by atoms with Crippen LogP contribution in [0.15, 0.2) is 35.6 Å². The van der Waals surface area contributed by atoms with Crippen LogP contribution >= 0.6 is 0 Å². The van der Waals surface area contributed by atoms with Crippen molar-refractivity contribution in [3.05, 3.63) is 53.1 Å². The normalized spacial score (nSPS) is 13.7. The van der Waals surface area contributed by atoms with Gasteiger partial charge in [-0.05, 0) is 30.0 Å². The van der Waals surface area contributed by atoms with Gasteiger partial charge in [-0.15, -0.1) is 0 Å². The lowest BCUT2D eigenvalue weighted by Gasteiger charge is -2.07. The average Bonchev–Trinajstić information content (AvgIpc) is 3.11. The molecular weight excluding hydrogens is 284 g/mol. The van der Waals surface area contributed by atoms with E-state index in [-0.39, 0.29) is 0 Å². The third-order valence-corrected chi connectivity index (χ3v) is 4.55. The van der Waals surface area contributed by atoms with E-state index in [1.165, 1.54) is 11.1 Å². The standard InChI is InChI=1S/C19H20N4/c1-11(2)13-6-5-7-14(8-13)15-9-16-18(22-15)19-17(12(3)21-16)20-10-23(19)4/h5-8,10-11H,9H2,1-4H3. The van der Waals surface area contributed by atoms with Gasteiger partial charge in [-0.25, -0.2) is 9.98 Å². The van der Waals surface area contributed by atoms with Crippen LogP contribution in [0.5, 0.6) is 0 Å². The Kier molecular flexibility index (Phi) is 3.08. The number of benzene rings is 1. The molecule has 0 saturated carbocycles. The van der Waals surface area contributed by atoms with Gasteiger partial charge in [0.2, 0.25) is 0 Å². The van der Waals surface area contributed by atoms with Gasteiger partial charge in [0.1, 0.15) is 11.2 Å². The Morgan fingerprint density at radius 1 is 1.22 bits per heavy atom. The molecule has 4 heteroatoms. The highest BCUT2D eigenvalue weighted by Crippen LogP contribution is 2.35. The molecule has 0 saturated heterocycles. The van der Waals surface area contributed by atoms with Crippen molar-refractivity contribution >= 4 is 22.4 Å². The van der Waals surface area contributed by atoms with E-state index in [0.29, 0.717) is 5.92 Å². The van der Waals surface area contributed by atoms with Gasteiger partial charge in [0, 0.05) is 13.5 Å². The highest BCUT2D eigenvalue weighted by molar-refractivity contribution is 6.09. The fourth-order valence-corrected chi connectivity index (χ4v) is 3.24. The predicted octanol–water partition coefficient (Wildman–Crippen LogP) is 4.08. The van der Waals surface area contributed by atoms with Crippen molar-refractivity contribution < 1.29 is 0 Å². The fraction of sp³-hybridized carbons (Fsp3) is 0.316. The van der Waals surface area contributed by atoms with Crippen LogP contribution in [0, 0.1) is 6.92 Å². The summed E-state index contributed by atoms with van der Waals surface area (Å²) < 4.78 is 2.04. The summed E-state index contributed by atoms with van der Waals surface area (Å²) in [5.74, 6) is 0.517. The van der Waals surface area contributed by atoms with Crippen LogP contribution in [0.2, 0.25) is 0 Å². The number of aliphatic imine (C=N–C) groups is 1. The molecule has 0 spiro atoms. The van der Waals surface area contributed by atoms with Crippen molar-refractivity contribution in [2.45, 2.75) is 33.1 Å². The van der Waals surface area contributed by atoms with Crippen molar-refractivity contribution in [3.8, 4) is 0 Å². The second-order valence-electron chi connectivity index (χ2n) is 6.56. The van der Waals surface area contributed by atoms with E-state index in [2.05, 4.69) is 43.1 Å². The number of rotatable bonds is 2. The van der Waals surface area contributed by atoms with Gasteiger partial charge in [0.05, 0.1) is 28.9 Å². The van der Waals surface area contributed by atoms with Crippen LogP contribution in [-0.2, 0) is 13.5 Å². The summed E-state index contributed by atoms with van der Waals surface area (Å²) in [5.41, 5.74) is 8.70. The molecule has 1 aliphatic rings. The summed E-state index contributed by atoms with van der Waals surface area (Å²) in [7, 11) is 2.02. The molecular formula is C19H20N4. The third-order valence-electron chi connectivity index (χ3n) is 4.55. The van der Waals surface area contributed by atoms with Crippen molar-refractivity contribution in [2.75, 3.05) is 0 Å². The maximum Gasteiger partial charge on any atom is 0.112 e. The molecule has 3 heterocycles. The van der Waals surface area contributed by atoms with Gasteiger partial charge in [-0.3, -0.25) is 4.98 Å². The first kappa shape index (κ1) is 14.1. The van der Waals surface area contributed by atoms with E-state index in [1.807, 2.05) is 24.9 Å². The zero-order chi connectivity index (χ0) is 16.1. The van der Waals surface area contributed by atoms with E-state index in [1.54, 1.807) is 0 Å².